The zero-order valence-corrected chi connectivity index (χ0v) is 9.81. The molecule has 0 aromatic heterocycles. The molecule has 0 saturated carbocycles. The molecule has 0 heterocycles. The van der Waals surface area contributed by atoms with Crippen LogP contribution in [0.3, 0.4) is 0 Å². The van der Waals surface area contributed by atoms with E-state index in [1.54, 1.807) is 6.92 Å². The number of sulfone groups is 1. The van der Waals surface area contributed by atoms with Crippen LogP contribution in [0.5, 0.6) is 0 Å². The minimum absolute atomic E-state index is 0.0750. The highest BCUT2D eigenvalue weighted by Crippen LogP contribution is 2.03. The monoisotopic (exact) mass is 245 g/mol. The molecule has 8 heteroatoms. The molecule has 0 unspecified atom stereocenters. The van der Waals surface area contributed by atoms with Gasteiger partial charge in [-0.25, -0.2) is 16.8 Å². The van der Waals surface area contributed by atoms with E-state index in [1.165, 1.54) is 0 Å². The molecule has 6 nitrogen and oxygen atoms in total. The van der Waals surface area contributed by atoms with Gasteiger partial charge in [0.25, 0.3) is 0 Å². The normalized spacial score (nSPS) is 13.4. The van der Waals surface area contributed by atoms with Crippen molar-refractivity contribution in [2.24, 2.45) is 0 Å². The van der Waals surface area contributed by atoms with Gasteiger partial charge in [0.05, 0.1) is 6.61 Å². The summed E-state index contributed by atoms with van der Waals surface area (Å²) in [7, 11) is -7.37. The Bertz CT molecular complexity index is 358. The summed E-state index contributed by atoms with van der Waals surface area (Å²) in [4.78, 5) is 0. The number of rotatable bonds is 6. The van der Waals surface area contributed by atoms with Crippen molar-refractivity contribution in [1.82, 2.24) is 4.31 Å². The maximum absolute atomic E-state index is 11.4. The predicted octanol–water partition coefficient (Wildman–Crippen LogP) is -1.37. The molecular weight excluding hydrogens is 230 g/mol. The first-order chi connectivity index (χ1) is 6.23. The molecular formula is C6H15NO5S2. The van der Waals surface area contributed by atoms with Crippen LogP contribution in [0, 0.1) is 0 Å². The van der Waals surface area contributed by atoms with Crippen molar-refractivity contribution < 1.29 is 21.9 Å². The second-order valence-electron chi connectivity index (χ2n) is 2.87. The molecule has 0 atom stereocenters. The Kier molecular flexibility index (Phi) is 4.99. The molecule has 0 aromatic carbocycles. The topological polar surface area (TPSA) is 91.8 Å². The van der Waals surface area contributed by atoms with Crippen molar-refractivity contribution in [3.63, 3.8) is 0 Å². The van der Waals surface area contributed by atoms with Gasteiger partial charge in [0.15, 0.2) is 14.9 Å². The van der Waals surface area contributed by atoms with Crippen LogP contribution in [0.15, 0.2) is 0 Å². The van der Waals surface area contributed by atoms with Crippen LogP contribution in [0.25, 0.3) is 0 Å². The van der Waals surface area contributed by atoms with E-state index in [9.17, 15) is 16.8 Å². The van der Waals surface area contributed by atoms with Crippen molar-refractivity contribution in [1.29, 1.82) is 0 Å². The summed E-state index contributed by atoms with van der Waals surface area (Å²) in [5.74, 6) is 0. The quantitative estimate of drug-likeness (QED) is 0.623. The standard InChI is InChI=1S/C6H15NO5S2/c1-3-7(4-5-8)14(11,12)6-13(2,9)10/h8H,3-6H2,1-2H3. The summed E-state index contributed by atoms with van der Waals surface area (Å²) in [5, 5.41) is 7.66. The van der Waals surface area contributed by atoms with E-state index in [0.29, 0.717) is 0 Å². The van der Waals surface area contributed by atoms with Crippen LogP contribution < -0.4 is 0 Å². The number of hydrogen-bond acceptors (Lipinski definition) is 5. The highest BCUT2D eigenvalue weighted by Gasteiger charge is 2.24. The van der Waals surface area contributed by atoms with Crippen molar-refractivity contribution in [3.05, 3.63) is 0 Å². The molecule has 14 heavy (non-hydrogen) atoms. The Labute approximate surface area is 84.5 Å². The lowest BCUT2D eigenvalue weighted by molar-refractivity contribution is 0.257. The summed E-state index contributed by atoms with van der Waals surface area (Å²) < 4.78 is 45.4. The SMILES string of the molecule is CCN(CCO)S(=O)(=O)CS(C)(=O)=O. The van der Waals surface area contributed by atoms with Gasteiger partial charge in [0, 0.05) is 19.3 Å². The number of hydrogen-bond donors (Lipinski definition) is 1. The van der Waals surface area contributed by atoms with E-state index < -0.39 is 24.9 Å². The maximum Gasteiger partial charge on any atom is 0.228 e. The zero-order valence-electron chi connectivity index (χ0n) is 8.17. The highest BCUT2D eigenvalue weighted by atomic mass is 32.3. The van der Waals surface area contributed by atoms with Crippen LogP contribution in [-0.4, -0.2) is 57.3 Å². The third-order valence-corrected chi connectivity index (χ3v) is 5.59. The highest BCUT2D eigenvalue weighted by molar-refractivity contribution is 8.06. The minimum atomic E-state index is -3.81. The third kappa shape index (κ3) is 4.89. The van der Waals surface area contributed by atoms with Gasteiger partial charge in [-0.2, -0.15) is 4.31 Å². The lowest BCUT2D eigenvalue weighted by atomic mass is 10.6. The molecule has 0 aromatic rings. The van der Waals surface area contributed by atoms with Crippen molar-refractivity contribution in [3.8, 4) is 0 Å². The fourth-order valence-electron chi connectivity index (χ4n) is 0.950. The zero-order chi connectivity index (χ0) is 11.4. The van der Waals surface area contributed by atoms with Crippen molar-refractivity contribution in [2.75, 3.05) is 31.0 Å². The lowest BCUT2D eigenvalue weighted by Gasteiger charge is -2.18. The summed E-state index contributed by atoms with van der Waals surface area (Å²) in [6.45, 7) is 1.33. The number of aliphatic hydroxyl groups is 1. The number of likely N-dealkylation sites (N-methyl/N-ethyl adjacent to an activating group) is 1. The largest absolute Gasteiger partial charge is 0.395 e. The van der Waals surface area contributed by atoms with Gasteiger partial charge < -0.3 is 5.11 Å². The van der Waals surface area contributed by atoms with E-state index in [2.05, 4.69) is 0 Å². The number of sulfonamides is 1. The van der Waals surface area contributed by atoms with Crippen molar-refractivity contribution >= 4 is 19.9 Å². The average molecular weight is 245 g/mol. The first kappa shape index (κ1) is 13.8. The van der Waals surface area contributed by atoms with E-state index in [0.717, 1.165) is 10.6 Å². The molecule has 0 aliphatic carbocycles. The van der Waals surface area contributed by atoms with Crippen LogP contribution in [0.4, 0.5) is 0 Å². The van der Waals surface area contributed by atoms with Crippen molar-refractivity contribution in [2.45, 2.75) is 6.92 Å². The number of aliphatic hydroxyl groups excluding tert-OH is 1. The first-order valence-corrected chi connectivity index (χ1v) is 7.66. The number of nitrogens with zero attached hydrogens (tertiary/aromatic N) is 1. The van der Waals surface area contributed by atoms with Gasteiger partial charge in [0.1, 0.15) is 0 Å². The van der Waals surface area contributed by atoms with E-state index in [4.69, 9.17) is 5.11 Å². The summed E-state index contributed by atoms with van der Waals surface area (Å²) in [5.41, 5.74) is 0. The average Bonchev–Trinajstić information content (AvgIpc) is 1.94. The Morgan fingerprint density at radius 2 is 1.71 bits per heavy atom. The third-order valence-electron chi connectivity index (χ3n) is 1.46. The van der Waals surface area contributed by atoms with E-state index in [1.807, 2.05) is 0 Å². The summed E-state index contributed by atoms with van der Waals surface area (Å²) in [6, 6.07) is 0. The lowest BCUT2D eigenvalue weighted by Crippen LogP contribution is -2.37. The molecule has 1 N–H and O–H groups in total. The molecule has 0 rings (SSSR count). The predicted molar refractivity (Wildman–Crippen MR) is 53.0 cm³/mol. The summed E-state index contributed by atoms with van der Waals surface area (Å²) in [6.07, 6.45) is 0.858. The van der Waals surface area contributed by atoms with Gasteiger partial charge in [-0.3, -0.25) is 0 Å². The Hall–Kier alpha value is -0.180. The van der Waals surface area contributed by atoms with Gasteiger partial charge in [-0.05, 0) is 0 Å². The molecule has 86 valence electrons. The van der Waals surface area contributed by atoms with Gasteiger partial charge in [-0.1, -0.05) is 6.92 Å². The van der Waals surface area contributed by atoms with Crippen LogP contribution in [0.2, 0.25) is 0 Å². The fourth-order valence-corrected chi connectivity index (χ4v) is 4.46. The molecule has 0 aliphatic heterocycles. The Morgan fingerprint density at radius 1 is 1.21 bits per heavy atom. The second kappa shape index (κ2) is 5.06. The van der Waals surface area contributed by atoms with E-state index >= 15 is 0 Å². The minimum Gasteiger partial charge on any atom is -0.395 e. The molecule has 0 saturated heterocycles. The summed E-state index contributed by atoms with van der Waals surface area (Å²) >= 11 is 0. The Balaban J connectivity index is 4.76. The van der Waals surface area contributed by atoms with Gasteiger partial charge >= 0.3 is 0 Å². The van der Waals surface area contributed by atoms with Gasteiger partial charge in [0.2, 0.25) is 10.0 Å². The van der Waals surface area contributed by atoms with Crippen LogP contribution in [0.1, 0.15) is 6.92 Å². The second-order valence-corrected chi connectivity index (χ2v) is 7.35. The Morgan fingerprint density at radius 3 is 2.00 bits per heavy atom. The molecule has 0 spiro atoms. The van der Waals surface area contributed by atoms with E-state index in [-0.39, 0.29) is 19.7 Å². The molecule has 0 fully saturated rings. The molecule has 0 radical (unpaired) electrons. The smallest absolute Gasteiger partial charge is 0.228 e. The van der Waals surface area contributed by atoms with Crippen LogP contribution in [-0.2, 0) is 19.9 Å². The maximum atomic E-state index is 11.4. The van der Waals surface area contributed by atoms with Crippen LogP contribution >= 0.6 is 0 Å². The molecule has 0 aliphatic rings. The first-order valence-electron chi connectivity index (χ1n) is 3.99. The molecule has 0 bridgehead atoms. The van der Waals surface area contributed by atoms with Gasteiger partial charge in [-0.15, -0.1) is 0 Å². The molecule has 0 amide bonds. The fraction of sp³-hybridized carbons (Fsp3) is 1.00.